The fourth-order valence-corrected chi connectivity index (χ4v) is 3.97. The molecule has 0 radical (unpaired) electrons. The number of nitro groups is 3. The highest BCUT2D eigenvalue weighted by molar-refractivity contribution is 5.82. The van der Waals surface area contributed by atoms with E-state index in [4.69, 9.17) is 10.5 Å². The van der Waals surface area contributed by atoms with Crippen LogP contribution >= 0.6 is 0 Å². The molecule has 18 nitrogen and oxygen atoms in total. The van der Waals surface area contributed by atoms with E-state index < -0.39 is 68.0 Å². The summed E-state index contributed by atoms with van der Waals surface area (Å²) in [5.74, 6) is -0.130. The van der Waals surface area contributed by atoms with Gasteiger partial charge in [0.15, 0.2) is 11.5 Å². The summed E-state index contributed by atoms with van der Waals surface area (Å²) in [6, 6.07) is 1.40. The lowest BCUT2D eigenvalue weighted by atomic mass is 9.92. The van der Waals surface area contributed by atoms with Gasteiger partial charge in [-0.05, 0) is 6.07 Å². The Morgan fingerprint density at radius 1 is 1.06 bits per heavy atom. The van der Waals surface area contributed by atoms with Crippen LogP contribution in [0.5, 0.6) is 0 Å². The summed E-state index contributed by atoms with van der Waals surface area (Å²) >= 11 is 0. The third kappa shape index (κ3) is 3.01. The van der Waals surface area contributed by atoms with Crippen LogP contribution in [0.3, 0.4) is 0 Å². The summed E-state index contributed by atoms with van der Waals surface area (Å²) in [5, 5.41) is 66.2. The van der Waals surface area contributed by atoms with Gasteiger partial charge in [0, 0.05) is 6.07 Å². The number of rotatable bonds is 6. The molecule has 3 aromatic rings. The molecule has 2 aromatic heterocycles. The van der Waals surface area contributed by atoms with Crippen molar-refractivity contribution >= 4 is 34.0 Å². The maximum absolute atomic E-state index is 12.0. The van der Waals surface area contributed by atoms with Gasteiger partial charge in [-0.2, -0.15) is 0 Å². The maximum atomic E-state index is 12.0. The Labute approximate surface area is 186 Å². The van der Waals surface area contributed by atoms with E-state index in [1.807, 2.05) is 0 Å². The highest BCUT2D eigenvalue weighted by Crippen LogP contribution is 2.50. The molecule has 5 N–H and O–H groups in total. The fourth-order valence-electron chi connectivity index (χ4n) is 3.97. The summed E-state index contributed by atoms with van der Waals surface area (Å²) < 4.78 is 6.62. The summed E-state index contributed by atoms with van der Waals surface area (Å²) in [6.07, 6.45) is -3.51. The molecule has 1 saturated heterocycles. The number of nitro benzene ring substituents is 3. The van der Waals surface area contributed by atoms with Crippen molar-refractivity contribution in [3.63, 3.8) is 0 Å². The van der Waals surface area contributed by atoms with Crippen molar-refractivity contribution in [3.05, 3.63) is 60.7 Å². The molecule has 0 bridgehead atoms. The number of hydrogen-bond acceptors (Lipinski definition) is 14. The van der Waals surface area contributed by atoms with Crippen molar-refractivity contribution in [2.45, 2.75) is 24.0 Å². The Hall–Kier alpha value is -4.39. The number of ether oxygens (including phenoxy) is 1. The normalized spacial score (nSPS) is 24.4. The van der Waals surface area contributed by atoms with E-state index in [2.05, 4.69) is 15.0 Å². The van der Waals surface area contributed by atoms with Crippen LogP contribution in [0.2, 0.25) is 0 Å². The average molecular weight is 478 g/mol. The molecule has 0 saturated carbocycles. The number of hydrogen-bond donors (Lipinski definition) is 4. The molecule has 0 amide bonds. The summed E-state index contributed by atoms with van der Waals surface area (Å²) in [4.78, 5) is 43.0. The van der Waals surface area contributed by atoms with E-state index in [1.165, 1.54) is 0 Å². The zero-order valence-electron chi connectivity index (χ0n) is 16.7. The van der Waals surface area contributed by atoms with E-state index >= 15 is 0 Å². The van der Waals surface area contributed by atoms with Crippen LogP contribution in [0.1, 0.15) is 5.56 Å². The van der Waals surface area contributed by atoms with Gasteiger partial charge in [-0.15, -0.1) is 0 Å². The molecule has 0 aliphatic carbocycles. The smallest absolute Gasteiger partial charge is 0.394 e. The first-order chi connectivity index (χ1) is 16.1. The monoisotopic (exact) mass is 478 g/mol. The first kappa shape index (κ1) is 22.8. The summed E-state index contributed by atoms with van der Waals surface area (Å²) in [6.45, 7) is -0.868. The van der Waals surface area contributed by atoms with Crippen LogP contribution in [-0.2, 0) is 10.5 Å². The molecule has 34 heavy (non-hydrogen) atoms. The van der Waals surface area contributed by atoms with Gasteiger partial charge < -0.3 is 25.8 Å². The van der Waals surface area contributed by atoms with Crippen molar-refractivity contribution in [3.8, 4) is 0 Å². The second kappa shape index (κ2) is 7.88. The third-order valence-corrected chi connectivity index (χ3v) is 5.41. The predicted octanol–water partition coefficient (Wildman–Crippen LogP) is -1.05. The van der Waals surface area contributed by atoms with Gasteiger partial charge in [0.1, 0.15) is 30.2 Å². The molecule has 18 heteroatoms. The number of imidazole rings is 1. The minimum absolute atomic E-state index is 0.0429. The van der Waals surface area contributed by atoms with Crippen molar-refractivity contribution in [1.82, 2.24) is 19.5 Å². The Morgan fingerprint density at radius 2 is 1.74 bits per heavy atom. The molecule has 1 fully saturated rings. The number of benzene rings is 1. The lowest BCUT2D eigenvalue weighted by molar-refractivity contribution is -0.441. The summed E-state index contributed by atoms with van der Waals surface area (Å²) in [7, 11) is 0. The van der Waals surface area contributed by atoms with Crippen molar-refractivity contribution in [2.75, 3.05) is 12.3 Å². The molecule has 1 aliphatic heterocycles. The van der Waals surface area contributed by atoms with Crippen LogP contribution in [-0.4, -0.2) is 74.5 Å². The highest BCUT2D eigenvalue weighted by Gasteiger charge is 2.61. The molecule has 3 heterocycles. The van der Waals surface area contributed by atoms with Crippen LogP contribution < -0.4 is 5.73 Å². The lowest BCUT2D eigenvalue weighted by Gasteiger charge is -2.33. The Bertz CT molecular complexity index is 1340. The summed E-state index contributed by atoms with van der Waals surface area (Å²) in [5.41, 5.74) is -1.78. The molecule has 178 valence electrons. The number of fused-ring (bicyclic) bond motifs is 1. The second-order valence-electron chi connectivity index (χ2n) is 7.12. The molecule has 0 unspecified atom stereocenters. The predicted molar refractivity (Wildman–Crippen MR) is 107 cm³/mol. The molecule has 0 spiro atoms. The Morgan fingerprint density at radius 3 is 2.29 bits per heavy atom. The van der Waals surface area contributed by atoms with Crippen LogP contribution in [0.25, 0.3) is 11.2 Å². The number of anilines is 1. The maximum Gasteiger partial charge on any atom is 0.422 e. The zero-order chi connectivity index (χ0) is 24.9. The van der Waals surface area contributed by atoms with Gasteiger partial charge in [-0.3, -0.25) is 34.9 Å². The third-order valence-electron chi connectivity index (χ3n) is 5.41. The number of aliphatic hydroxyl groups excluding tert-OH is 3. The molecular weight excluding hydrogens is 464 g/mol. The van der Waals surface area contributed by atoms with Crippen molar-refractivity contribution < 1.29 is 34.8 Å². The van der Waals surface area contributed by atoms with E-state index in [-0.39, 0.29) is 17.0 Å². The second-order valence-corrected chi connectivity index (χ2v) is 7.12. The van der Waals surface area contributed by atoms with Crippen molar-refractivity contribution in [1.29, 1.82) is 0 Å². The standard InChI is InChI=1S/C16H14N8O10/c17-14-9-15(19-4-18-14)21(5-20-9)16(13(27)12(26)8(3-25)34-16)6-1-2-7(22(28)29)11(24(32)33)10(6)23(30)31/h1-2,4-5,8,12-13,25-27H,3H2,(H2,17,18,19)/t8-,12-,13-,16-/m1/s1. The SMILES string of the molecule is Nc1ncnc2c1ncn2[C@]1(c2ccc([N+](=O)[O-])c([N+](=O)[O-])c2[N+](=O)[O-])O[C@H](CO)[C@@H](O)[C@H]1O. The molecule has 4 rings (SSSR count). The Balaban J connectivity index is 2.17. The van der Waals surface area contributed by atoms with Gasteiger partial charge in [-0.25, -0.2) is 15.0 Å². The van der Waals surface area contributed by atoms with Gasteiger partial charge in [0.2, 0.25) is 5.72 Å². The number of aliphatic hydroxyl groups is 3. The average Bonchev–Trinajstić information content (AvgIpc) is 3.33. The number of nitrogens with zero attached hydrogens (tertiary/aromatic N) is 7. The van der Waals surface area contributed by atoms with E-state index in [9.17, 15) is 45.7 Å². The highest BCUT2D eigenvalue weighted by atomic mass is 16.7. The zero-order valence-corrected chi connectivity index (χ0v) is 16.7. The first-order valence-corrected chi connectivity index (χ1v) is 9.25. The topological polar surface area (TPSA) is 269 Å². The van der Waals surface area contributed by atoms with E-state index in [1.54, 1.807) is 0 Å². The quantitative estimate of drug-likeness (QED) is 0.243. The lowest BCUT2D eigenvalue weighted by Crippen LogP contribution is -2.47. The Kier molecular flexibility index (Phi) is 5.28. The minimum Gasteiger partial charge on any atom is -0.394 e. The van der Waals surface area contributed by atoms with Gasteiger partial charge >= 0.3 is 17.1 Å². The molecule has 1 aromatic carbocycles. The first-order valence-electron chi connectivity index (χ1n) is 9.25. The fraction of sp³-hybridized carbons (Fsp3) is 0.312. The van der Waals surface area contributed by atoms with E-state index in [0.29, 0.717) is 6.07 Å². The van der Waals surface area contributed by atoms with Gasteiger partial charge in [0.05, 0.1) is 33.3 Å². The van der Waals surface area contributed by atoms with Gasteiger partial charge in [-0.1, -0.05) is 0 Å². The molecule has 4 atom stereocenters. The molecule has 1 aliphatic rings. The van der Waals surface area contributed by atoms with Gasteiger partial charge in [0.25, 0.3) is 0 Å². The largest absolute Gasteiger partial charge is 0.422 e. The van der Waals surface area contributed by atoms with Crippen LogP contribution in [0, 0.1) is 30.3 Å². The van der Waals surface area contributed by atoms with Crippen LogP contribution in [0.4, 0.5) is 22.9 Å². The number of nitrogens with two attached hydrogens (primary N) is 1. The number of nitrogen functional groups attached to an aromatic ring is 1. The van der Waals surface area contributed by atoms with E-state index in [0.717, 1.165) is 23.3 Å². The van der Waals surface area contributed by atoms with Crippen molar-refractivity contribution in [2.24, 2.45) is 0 Å². The minimum atomic E-state index is -2.55. The molecular formula is C16H14N8O10. The van der Waals surface area contributed by atoms with Crippen LogP contribution in [0.15, 0.2) is 24.8 Å². The number of aromatic nitrogens is 4.